The van der Waals surface area contributed by atoms with Crippen molar-refractivity contribution < 1.29 is 0 Å². The van der Waals surface area contributed by atoms with Gasteiger partial charge in [-0.1, -0.05) is 29.8 Å². The second-order valence-electron chi connectivity index (χ2n) is 4.70. The SMILES string of the molecule is Cc1ccc(-c2c(-c3sccc3Br)nn(C)c2N)cc1. The number of aromatic nitrogens is 2. The number of nitrogen functional groups attached to an aromatic ring is 1. The topological polar surface area (TPSA) is 43.8 Å². The van der Waals surface area contributed by atoms with Crippen LogP contribution in [-0.4, -0.2) is 9.78 Å². The van der Waals surface area contributed by atoms with Gasteiger partial charge in [0.1, 0.15) is 11.5 Å². The van der Waals surface area contributed by atoms with Crippen molar-refractivity contribution in [2.75, 3.05) is 5.73 Å². The Bertz CT molecular complexity index is 756. The number of anilines is 1. The van der Waals surface area contributed by atoms with E-state index in [1.54, 1.807) is 16.0 Å². The summed E-state index contributed by atoms with van der Waals surface area (Å²) in [5, 5.41) is 6.63. The Kier molecular flexibility index (Phi) is 3.40. The van der Waals surface area contributed by atoms with Gasteiger partial charge < -0.3 is 5.73 Å². The number of benzene rings is 1. The van der Waals surface area contributed by atoms with Crippen LogP contribution in [0.25, 0.3) is 21.7 Å². The summed E-state index contributed by atoms with van der Waals surface area (Å²) < 4.78 is 2.78. The molecule has 2 N–H and O–H groups in total. The Balaban J connectivity index is 2.25. The first kappa shape index (κ1) is 13.4. The predicted molar refractivity (Wildman–Crippen MR) is 88.8 cm³/mol. The molecule has 0 aliphatic heterocycles. The molecular weight excluding hydrogens is 334 g/mol. The number of nitrogens with zero attached hydrogens (tertiary/aromatic N) is 2. The van der Waals surface area contributed by atoms with E-state index in [0.717, 1.165) is 26.2 Å². The minimum absolute atomic E-state index is 0.684. The van der Waals surface area contributed by atoms with E-state index in [-0.39, 0.29) is 0 Å². The molecule has 20 heavy (non-hydrogen) atoms. The zero-order chi connectivity index (χ0) is 14.3. The fraction of sp³-hybridized carbons (Fsp3) is 0.133. The zero-order valence-corrected chi connectivity index (χ0v) is 13.6. The fourth-order valence-corrected chi connectivity index (χ4v) is 3.71. The highest BCUT2D eigenvalue weighted by atomic mass is 79.9. The smallest absolute Gasteiger partial charge is 0.129 e. The third kappa shape index (κ3) is 2.17. The highest BCUT2D eigenvalue weighted by Crippen LogP contribution is 2.41. The summed E-state index contributed by atoms with van der Waals surface area (Å²) in [6, 6.07) is 10.4. The predicted octanol–water partition coefficient (Wildman–Crippen LogP) is 4.47. The highest BCUT2D eigenvalue weighted by molar-refractivity contribution is 9.10. The molecule has 0 spiro atoms. The Morgan fingerprint density at radius 1 is 1.20 bits per heavy atom. The lowest BCUT2D eigenvalue weighted by Crippen LogP contribution is -1.97. The van der Waals surface area contributed by atoms with E-state index >= 15 is 0 Å². The van der Waals surface area contributed by atoms with Gasteiger partial charge in [-0.15, -0.1) is 11.3 Å². The summed E-state index contributed by atoms with van der Waals surface area (Å²) >= 11 is 5.23. The molecule has 0 bridgehead atoms. The van der Waals surface area contributed by atoms with Crippen molar-refractivity contribution in [3.63, 3.8) is 0 Å². The quantitative estimate of drug-likeness (QED) is 0.743. The Morgan fingerprint density at radius 3 is 2.50 bits per heavy atom. The van der Waals surface area contributed by atoms with Crippen LogP contribution < -0.4 is 5.73 Å². The molecule has 2 heterocycles. The molecule has 0 amide bonds. The van der Waals surface area contributed by atoms with Gasteiger partial charge >= 0.3 is 0 Å². The number of rotatable bonds is 2. The van der Waals surface area contributed by atoms with Crippen molar-refractivity contribution in [3.8, 4) is 21.7 Å². The second kappa shape index (κ2) is 5.07. The van der Waals surface area contributed by atoms with E-state index in [4.69, 9.17) is 5.73 Å². The van der Waals surface area contributed by atoms with Crippen LogP contribution in [-0.2, 0) is 7.05 Å². The molecule has 0 saturated carbocycles. The first-order chi connectivity index (χ1) is 9.58. The maximum Gasteiger partial charge on any atom is 0.129 e. The molecule has 0 atom stereocenters. The molecule has 0 aliphatic carbocycles. The van der Waals surface area contributed by atoms with Gasteiger partial charge in [-0.3, -0.25) is 4.68 Å². The lowest BCUT2D eigenvalue weighted by Gasteiger charge is -2.04. The van der Waals surface area contributed by atoms with Crippen LogP contribution >= 0.6 is 27.3 Å². The average Bonchev–Trinajstić information content (AvgIpc) is 2.96. The number of hydrogen-bond donors (Lipinski definition) is 1. The molecule has 1 aromatic carbocycles. The van der Waals surface area contributed by atoms with Gasteiger partial charge in [-0.25, -0.2) is 0 Å². The lowest BCUT2D eigenvalue weighted by atomic mass is 10.0. The third-order valence-electron chi connectivity index (χ3n) is 3.26. The normalized spacial score (nSPS) is 10.9. The molecule has 3 aromatic rings. The Morgan fingerprint density at radius 2 is 1.90 bits per heavy atom. The maximum absolute atomic E-state index is 6.22. The van der Waals surface area contributed by atoms with E-state index < -0.39 is 0 Å². The molecule has 0 aliphatic rings. The summed E-state index contributed by atoms with van der Waals surface area (Å²) in [7, 11) is 1.87. The summed E-state index contributed by atoms with van der Waals surface area (Å²) in [6.45, 7) is 2.08. The van der Waals surface area contributed by atoms with Crippen LogP contribution in [0.5, 0.6) is 0 Å². The van der Waals surface area contributed by atoms with Crippen molar-refractivity contribution in [3.05, 3.63) is 45.7 Å². The molecule has 0 saturated heterocycles. The van der Waals surface area contributed by atoms with Crippen molar-refractivity contribution in [1.82, 2.24) is 9.78 Å². The summed E-state index contributed by atoms with van der Waals surface area (Å²) in [6.07, 6.45) is 0. The van der Waals surface area contributed by atoms with Crippen LogP contribution in [0.4, 0.5) is 5.82 Å². The number of thiophene rings is 1. The average molecular weight is 348 g/mol. The summed E-state index contributed by atoms with van der Waals surface area (Å²) in [4.78, 5) is 1.10. The molecule has 0 radical (unpaired) electrons. The van der Waals surface area contributed by atoms with Crippen LogP contribution in [0, 0.1) is 6.92 Å². The van der Waals surface area contributed by atoms with Crippen molar-refractivity contribution in [1.29, 1.82) is 0 Å². The Hall–Kier alpha value is -1.59. The molecule has 0 unspecified atom stereocenters. The van der Waals surface area contributed by atoms with Crippen molar-refractivity contribution in [2.24, 2.45) is 7.05 Å². The fourth-order valence-electron chi connectivity index (χ4n) is 2.16. The van der Waals surface area contributed by atoms with Gasteiger partial charge in [0.25, 0.3) is 0 Å². The number of halogens is 1. The summed E-state index contributed by atoms with van der Waals surface area (Å²) in [5.41, 5.74) is 10.5. The van der Waals surface area contributed by atoms with Gasteiger partial charge in [-0.2, -0.15) is 5.10 Å². The first-order valence-electron chi connectivity index (χ1n) is 6.21. The second-order valence-corrected chi connectivity index (χ2v) is 6.47. The minimum atomic E-state index is 0.684. The largest absolute Gasteiger partial charge is 0.383 e. The lowest BCUT2D eigenvalue weighted by molar-refractivity contribution is 0.783. The van der Waals surface area contributed by atoms with Crippen LogP contribution in [0.15, 0.2) is 40.2 Å². The molecule has 5 heteroatoms. The molecule has 102 valence electrons. The van der Waals surface area contributed by atoms with Crippen LogP contribution in [0.3, 0.4) is 0 Å². The van der Waals surface area contributed by atoms with E-state index in [1.165, 1.54) is 5.56 Å². The van der Waals surface area contributed by atoms with E-state index in [1.807, 2.05) is 18.5 Å². The molecule has 3 nitrogen and oxygen atoms in total. The molecule has 3 rings (SSSR count). The van der Waals surface area contributed by atoms with Crippen LogP contribution in [0.1, 0.15) is 5.56 Å². The monoisotopic (exact) mass is 347 g/mol. The van der Waals surface area contributed by atoms with Gasteiger partial charge in [0, 0.05) is 11.5 Å². The van der Waals surface area contributed by atoms with E-state index in [9.17, 15) is 0 Å². The van der Waals surface area contributed by atoms with Gasteiger partial charge in [0.2, 0.25) is 0 Å². The third-order valence-corrected chi connectivity index (χ3v) is 5.11. The Labute approximate surface area is 130 Å². The van der Waals surface area contributed by atoms with Crippen molar-refractivity contribution >= 4 is 33.1 Å². The highest BCUT2D eigenvalue weighted by Gasteiger charge is 2.19. The minimum Gasteiger partial charge on any atom is -0.383 e. The summed E-state index contributed by atoms with van der Waals surface area (Å²) in [5.74, 6) is 0.684. The van der Waals surface area contributed by atoms with Gasteiger partial charge in [0.15, 0.2) is 0 Å². The van der Waals surface area contributed by atoms with Gasteiger partial charge in [-0.05, 0) is 39.9 Å². The van der Waals surface area contributed by atoms with Gasteiger partial charge in [0.05, 0.1) is 10.4 Å². The molecule has 0 fully saturated rings. The number of aryl methyl sites for hydroxylation is 2. The first-order valence-corrected chi connectivity index (χ1v) is 7.88. The van der Waals surface area contributed by atoms with Crippen LogP contribution in [0.2, 0.25) is 0 Å². The van der Waals surface area contributed by atoms with Crippen molar-refractivity contribution in [2.45, 2.75) is 6.92 Å². The van der Waals surface area contributed by atoms with E-state index in [2.05, 4.69) is 52.2 Å². The maximum atomic E-state index is 6.22. The van der Waals surface area contributed by atoms with E-state index in [0.29, 0.717) is 5.82 Å². The number of nitrogens with two attached hydrogens (primary N) is 1. The standard InChI is InChI=1S/C15H14BrN3S/c1-9-3-5-10(6-4-9)12-13(18-19(2)15(12)17)14-11(16)7-8-20-14/h3-8H,17H2,1-2H3. The molecule has 2 aromatic heterocycles. The zero-order valence-electron chi connectivity index (χ0n) is 11.2. The number of hydrogen-bond acceptors (Lipinski definition) is 3. The molecular formula is C15H14BrN3S.